The largest absolute Gasteiger partial charge is 0.364 e. The molecular weight excluding hydrogens is 250 g/mol. The number of benzene rings is 1. The van der Waals surface area contributed by atoms with Gasteiger partial charge in [-0.1, -0.05) is 12.1 Å². The number of carbonyl (C=O) groups is 1. The maximum Gasteiger partial charge on any atom is 0.265 e. The van der Waals surface area contributed by atoms with Gasteiger partial charge in [0.05, 0.1) is 5.69 Å². The highest BCUT2D eigenvalue weighted by molar-refractivity contribution is 5.96. The zero-order valence-electron chi connectivity index (χ0n) is 11.4. The first-order valence-corrected chi connectivity index (χ1v) is 6.42. The molecule has 1 amide bonds. The summed E-state index contributed by atoms with van der Waals surface area (Å²) < 4.78 is 0. The fourth-order valence-corrected chi connectivity index (χ4v) is 2.20. The van der Waals surface area contributed by atoms with Gasteiger partial charge in [0.1, 0.15) is 11.3 Å². The third-order valence-electron chi connectivity index (χ3n) is 3.55. The van der Waals surface area contributed by atoms with Crippen LogP contribution in [0.3, 0.4) is 0 Å². The number of nitrogens with two attached hydrogens (primary N) is 1. The fourth-order valence-electron chi connectivity index (χ4n) is 2.20. The molecule has 0 fully saturated rings. The minimum absolute atomic E-state index is 0.379. The minimum atomic E-state index is -0.476. The maximum absolute atomic E-state index is 11.2. The summed E-state index contributed by atoms with van der Waals surface area (Å²) in [7, 11) is 0. The first-order chi connectivity index (χ1) is 9.54. The highest BCUT2D eigenvalue weighted by atomic mass is 16.1. The SMILES string of the molecule is Cc1ccc(-c2ccc3cc(C(N)=O)[nH]c3n2)cc1C. The van der Waals surface area contributed by atoms with Crippen molar-refractivity contribution in [2.24, 2.45) is 5.73 Å². The Morgan fingerprint density at radius 2 is 1.90 bits per heavy atom. The van der Waals surface area contributed by atoms with Crippen LogP contribution in [0.4, 0.5) is 0 Å². The molecule has 0 aliphatic heterocycles. The third kappa shape index (κ3) is 2.05. The molecule has 0 aliphatic carbocycles. The van der Waals surface area contributed by atoms with Crippen molar-refractivity contribution in [3.8, 4) is 11.3 Å². The van der Waals surface area contributed by atoms with Crippen LogP contribution in [0.2, 0.25) is 0 Å². The summed E-state index contributed by atoms with van der Waals surface area (Å²) in [6.45, 7) is 4.16. The molecule has 2 aromatic heterocycles. The second kappa shape index (κ2) is 4.49. The van der Waals surface area contributed by atoms with Gasteiger partial charge < -0.3 is 10.7 Å². The first kappa shape index (κ1) is 12.4. The molecule has 2 heterocycles. The van der Waals surface area contributed by atoms with E-state index in [9.17, 15) is 4.79 Å². The Hall–Kier alpha value is -2.62. The average molecular weight is 265 g/mol. The number of hydrogen-bond acceptors (Lipinski definition) is 2. The lowest BCUT2D eigenvalue weighted by Crippen LogP contribution is -2.10. The molecule has 0 saturated heterocycles. The van der Waals surface area contributed by atoms with Crippen LogP contribution in [-0.4, -0.2) is 15.9 Å². The van der Waals surface area contributed by atoms with Crippen molar-refractivity contribution in [2.45, 2.75) is 13.8 Å². The number of hydrogen-bond donors (Lipinski definition) is 2. The molecule has 0 radical (unpaired) electrons. The summed E-state index contributed by atoms with van der Waals surface area (Å²) in [6.07, 6.45) is 0. The molecule has 0 aliphatic rings. The summed E-state index contributed by atoms with van der Waals surface area (Å²) in [4.78, 5) is 18.7. The van der Waals surface area contributed by atoms with E-state index >= 15 is 0 Å². The number of rotatable bonds is 2. The summed E-state index contributed by atoms with van der Waals surface area (Å²) >= 11 is 0. The predicted octanol–water partition coefficient (Wildman–Crippen LogP) is 2.95. The Bertz CT molecular complexity index is 818. The van der Waals surface area contributed by atoms with E-state index in [2.05, 4.69) is 42.0 Å². The molecule has 3 aromatic rings. The summed E-state index contributed by atoms with van der Waals surface area (Å²) in [5.74, 6) is -0.476. The van der Waals surface area contributed by atoms with Gasteiger partial charge in [-0.05, 0) is 49.2 Å². The lowest BCUT2D eigenvalue weighted by atomic mass is 10.0. The zero-order chi connectivity index (χ0) is 14.3. The first-order valence-electron chi connectivity index (χ1n) is 6.42. The summed E-state index contributed by atoms with van der Waals surface area (Å²) in [5.41, 5.74) is 10.7. The number of pyridine rings is 1. The second-order valence-corrected chi connectivity index (χ2v) is 4.98. The Kier molecular flexibility index (Phi) is 2.79. The normalized spacial score (nSPS) is 10.9. The molecular formula is C16H15N3O. The van der Waals surface area contributed by atoms with E-state index in [4.69, 9.17) is 5.73 Å². The molecule has 0 unspecified atom stereocenters. The Morgan fingerprint density at radius 1 is 1.10 bits per heavy atom. The molecule has 4 nitrogen and oxygen atoms in total. The molecule has 3 N–H and O–H groups in total. The van der Waals surface area contributed by atoms with Crippen molar-refractivity contribution in [1.29, 1.82) is 0 Å². The monoisotopic (exact) mass is 265 g/mol. The number of fused-ring (bicyclic) bond motifs is 1. The fraction of sp³-hybridized carbons (Fsp3) is 0.125. The molecule has 0 atom stereocenters. The molecule has 0 bridgehead atoms. The Labute approximate surface area is 116 Å². The topological polar surface area (TPSA) is 71.8 Å². The van der Waals surface area contributed by atoms with Crippen molar-refractivity contribution in [2.75, 3.05) is 0 Å². The molecule has 4 heteroatoms. The number of aromatic amines is 1. The molecule has 1 aromatic carbocycles. The maximum atomic E-state index is 11.2. The van der Waals surface area contributed by atoms with Gasteiger partial charge in [-0.25, -0.2) is 4.98 Å². The van der Waals surface area contributed by atoms with Gasteiger partial charge in [-0.15, -0.1) is 0 Å². The lowest BCUT2D eigenvalue weighted by molar-refractivity contribution is 0.0996. The Balaban J connectivity index is 2.12. The van der Waals surface area contributed by atoms with E-state index < -0.39 is 5.91 Å². The van der Waals surface area contributed by atoms with E-state index in [1.165, 1.54) is 11.1 Å². The number of aromatic nitrogens is 2. The molecule has 20 heavy (non-hydrogen) atoms. The van der Waals surface area contributed by atoms with Crippen LogP contribution < -0.4 is 5.73 Å². The van der Waals surface area contributed by atoms with E-state index in [1.807, 2.05) is 12.1 Å². The van der Waals surface area contributed by atoms with Gasteiger partial charge in [-0.3, -0.25) is 4.79 Å². The van der Waals surface area contributed by atoms with Crippen LogP contribution >= 0.6 is 0 Å². The van der Waals surface area contributed by atoms with Crippen LogP contribution in [0.25, 0.3) is 22.3 Å². The second-order valence-electron chi connectivity index (χ2n) is 4.98. The number of primary amides is 1. The Morgan fingerprint density at radius 3 is 2.60 bits per heavy atom. The van der Waals surface area contributed by atoms with E-state index in [0.29, 0.717) is 11.3 Å². The van der Waals surface area contributed by atoms with Crippen molar-refractivity contribution in [3.63, 3.8) is 0 Å². The van der Waals surface area contributed by atoms with Gasteiger partial charge in [-0.2, -0.15) is 0 Å². The van der Waals surface area contributed by atoms with E-state index in [1.54, 1.807) is 6.07 Å². The van der Waals surface area contributed by atoms with Gasteiger partial charge in [0.2, 0.25) is 0 Å². The number of carbonyl (C=O) groups excluding carboxylic acids is 1. The predicted molar refractivity (Wildman–Crippen MR) is 79.5 cm³/mol. The quantitative estimate of drug-likeness (QED) is 0.747. The lowest BCUT2D eigenvalue weighted by Gasteiger charge is -2.04. The number of nitrogens with zero attached hydrogens (tertiary/aromatic N) is 1. The summed E-state index contributed by atoms with van der Waals surface area (Å²) in [5, 5.41) is 0.881. The molecule has 0 saturated carbocycles. The third-order valence-corrected chi connectivity index (χ3v) is 3.55. The van der Waals surface area contributed by atoms with Crippen LogP contribution in [0, 0.1) is 13.8 Å². The smallest absolute Gasteiger partial charge is 0.265 e. The van der Waals surface area contributed by atoms with Crippen molar-refractivity contribution in [3.05, 3.63) is 53.2 Å². The van der Waals surface area contributed by atoms with Crippen molar-refractivity contribution < 1.29 is 4.79 Å². The van der Waals surface area contributed by atoms with Crippen molar-refractivity contribution >= 4 is 16.9 Å². The van der Waals surface area contributed by atoms with Gasteiger partial charge >= 0.3 is 0 Å². The average Bonchev–Trinajstić information content (AvgIpc) is 2.85. The van der Waals surface area contributed by atoms with Gasteiger partial charge in [0.25, 0.3) is 5.91 Å². The minimum Gasteiger partial charge on any atom is -0.364 e. The van der Waals surface area contributed by atoms with Crippen LogP contribution in [0.15, 0.2) is 36.4 Å². The number of aryl methyl sites for hydroxylation is 2. The molecule has 0 spiro atoms. The highest BCUT2D eigenvalue weighted by Crippen LogP contribution is 2.23. The molecule has 3 rings (SSSR count). The van der Waals surface area contributed by atoms with Crippen LogP contribution in [0.1, 0.15) is 21.6 Å². The van der Waals surface area contributed by atoms with Crippen LogP contribution in [0.5, 0.6) is 0 Å². The molecule has 100 valence electrons. The standard InChI is InChI=1S/C16H15N3O/c1-9-3-4-11(7-10(9)2)13-6-5-12-8-14(15(17)20)19-16(12)18-13/h3-8H,1-2H3,(H2,17,20)(H,18,19). The zero-order valence-corrected chi connectivity index (χ0v) is 11.4. The van der Waals surface area contributed by atoms with Gasteiger partial charge in [0, 0.05) is 10.9 Å². The number of amides is 1. The van der Waals surface area contributed by atoms with E-state index in [-0.39, 0.29) is 0 Å². The summed E-state index contributed by atoms with van der Waals surface area (Å²) in [6, 6.07) is 11.9. The van der Waals surface area contributed by atoms with Crippen molar-refractivity contribution in [1.82, 2.24) is 9.97 Å². The van der Waals surface area contributed by atoms with E-state index in [0.717, 1.165) is 16.6 Å². The number of nitrogens with one attached hydrogen (secondary N) is 1. The van der Waals surface area contributed by atoms with Gasteiger partial charge in [0.15, 0.2) is 0 Å². The number of H-pyrrole nitrogens is 1. The van der Waals surface area contributed by atoms with Crippen LogP contribution in [-0.2, 0) is 0 Å². The highest BCUT2D eigenvalue weighted by Gasteiger charge is 2.08.